The van der Waals surface area contributed by atoms with E-state index in [9.17, 15) is 9.18 Å². The third-order valence-electron chi connectivity index (χ3n) is 5.39. The molecule has 5 aromatic rings. The minimum absolute atomic E-state index is 0.146. The molecule has 0 aliphatic heterocycles. The first-order valence-electron chi connectivity index (χ1n) is 10.6. The predicted molar refractivity (Wildman–Crippen MR) is 127 cm³/mol. The number of aryl methyl sites for hydroxylation is 1. The molecule has 0 aliphatic rings. The van der Waals surface area contributed by atoms with Crippen LogP contribution < -0.4 is 5.32 Å². The first kappa shape index (κ1) is 21.7. The van der Waals surface area contributed by atoms with Gasteiger partial charge in [0.1, 0.15) is 11.5 Å². The Morgan fingerprint density at radius 1 is 1.12 bits per heavy atom. The molecule has 4 heterocycles. The van der Waals surface area contributed by atoms with Crippen molar-refractivity contribution in [3.05, 3.63) is 83.3 Å². The zero-order valence-corrected chi connectivity index (χ0v) is 19.1. The largest absolute Gasteiger partial charge is 0.327 e. The second-order valence-corrected chi connectivity index (χ2v) is 8.01. The molecule has 0 saturated heterocycles. The Balaban J connectivity index is 1.53. The number of hydrogen-bond donors (Lipinski definition) is 1. The van der Waals surface area contributed by atoms with Gasteiger partial charge < -0.3 is 9.88 Å². The molecule has 0 spiro atoms. The molecule has 5 rings (SSSR count). The summed E-state index contributed by atoms with van der Waals surface area (Å²) >= 11 is 6.07. The van der Waals surface area contributed by atoms with Crippen molar-refractivity contribution >= 4 is 29.0 Å². The van der Waals surface area contributed by atoms with Gasteiger partial charge in [-0.3, -0.25) is 4.79 Å². The Labute approximate surface area is 199 Å². The number of carbonyl (C=O) groups is 1. The fraction of sp³-hybridized carbons (Fsp3) is 0.125. The Bertz CT molecular complexity index is 1520. The molecular formula is C24H19ClFN7O. The number of rotatable bonds is 5. The number of amides is 1. The van der Waals surface area contributed by atoms with Crippen molar-refractivity contribution in [2.75, 3.05) is 5.32 Å². The maximum atomic E-state index is 13.3. The van der Waals surface area contributed by atoms with Crippen molar-refractivity contribution in [2.45, 2.75) is 20.4 Å². The Morgan fingerprint density at radius 2 is 1.91 bits per heavy atom. The normalized spacial score (nSPS) is 11.2. The van der Waals surface area contributed by atoms with Gasteiger partial charge in [-0.1, -0.05) is 23.7 Å². The highest BCUT2D eigenvalue weighted by atomic mass is 35.5. The van der Waals surface area contributed by atoms with Crippen molar-refractivity contribution < 1.29 is 9.18 Å². The molecule has 0 atom stereocenters. The fourth-order valence-electron chi connectivity index (χ4n) is 3.82. The molecule has 34 heavy (non-hydrogen) atoms. The lowest BCUT2D eigenvalue weighted by molar-refractivity contribution is 0.102. The number of carbonyl (C=O) groups excluding carboxylic acids is 1. The van der Waals surface area contributed by atoms with Gasteiger partial charge in [0, 0.05) is 35.0 Å². The van der Waals surface area contributed by atoms with Crippen LogP contribution in [0.5, 0.6) is 0 Å². The summed E-state index contributed by atoms with van der Waals surface area (Å²) in [4.78, 5) is 25.1. The van der Waals surface area contributed by atoms with E-state index in [-0.39, 0.29) is 5.56 Å². The minimum atomic E-state index is -0.728. The minimum Gasteiger partial charge on any atom is -0.327 e. The van der Waals surface area contributed by atoms with Gasteiger partial charge in [0.05, 0.1) is 17.6 Å². The van der Waals surface area contributed by atoms with Gasteiger partial charge in [-0.2, -0.15) is 9.49 Å². The highest BCUT2D eigenvalue weighted by Crippen LogP contribution is 2.32. The zero-order valence-electron chi connectivity index (χ0n) is 18.3. The van der Waals surface area contributed by atoms with Crippen LogP contribution in [0.2, 0.25) is 5.02 Å². The van der Waals surface area contributed by atoms with Gasteiger partial charge in [0.2, 0.25) is 5.95 Å². The van der Waals surface area contributed by atoms with Crippen LogP contribution in [0.3, 0.4) is 0 Å². The molecule has 170 valence electrons. The Hall–Kier alpha value is -4.11. The number of nitrogens with zero attached hydrogens (tertiary/aromatic N) is 6. The van der Waals surface area contributed by atoms with Gasteiger partial charge >= 0.3 is 0 Å². The van der Waals surface area contributed by atoms with E-state index in [1.54, 1.807) is 10.7 Å². The average molecular weight is 476 g/mol. The number of pyridine rings is 1. The molecule has 1 N–H and O–H groups in total. The highest BCUT2D eigenvalue weighted by molar-refractivity contribution is 6.30. The third-order valence-corrected chi connectivity index (χ3v) is 5.64. The lowest BCUT2D eigenvalue weighted by Crippen LogP contribution is -2.12. The molecule has 0 bridgehead atoms. The van der Waals surface area contributed by atoms with Crippen molar-refractivity contribution in [3.8, 4) is 22.6 Å². The summed E-state index contributed by atoms with van der Waals surface area (Å²) < 4.78 is 17.0. The predicted octanol–water partition coefficient (Wildman–Crippen LogP) is 5.03. The smallest absolute Gasteiger partial charge is 0.257 e. The second-order valence-electron chi connectivity index (χ2n) is 7.58. The number of imidazole rings is 2. The maximum Gasteiger partial charge on any atom is 0.257 e. The molecule has 0 radical (unpaired) electrons. The first-order valence-corrected chi connectivity index (χ1v) is 10.9. The topological polar surface area (TPSA) is 90.0 Å². The van der Waals surface area contributed by atoms with Crippen LogP contribution >= 0.6 is 11.6 Å². The van der Waals surface area contributed by atoms with Gasteiger partial charge in [-0.05, 0) is 44.2 Å². The monoisotopic (exact) mass is 475 g/mol. The molecule has 0 saturated carbocycles. The summed E-state index contributed by atoms with van der Waals surface area (Å²) in [6, 6.07) is 13.7. The summed E-state index contributed by atoms with van der Waals surface area (Å²) in [6.45, 7) is 4.72. The number of nitrogens with one attached hydrogen (secondary N) is 1. The number of aromatic nitrogens is 6. The summed E-state index contributed by atoms with van der Waals surface area (Å²) in [5.74, 6) is -0.0552. The zero-order chi connectivity index (χ0) is 23.8. The van der Waals surface area contributed by atoms with Crippen LogP contribution in [0.15, 0.2) is 60.9 Å². The van der Waals surface area contributed by atoms with Crippen LogP contribution in [0.1, 0.15) is 23.1 Å². The summed E-state index contributed by atoms with van der Waals surface area (Å²) in [6.07, 6.45) is 2.84. The molecule has 10 heteroatoms. The molecule has 1 amide bonds. The van der Waals surface area contributed by atoms with Crippen molar-refractivity contribution in [3.63, 3.8) is 0 Å². The van der Waals surface area contributed by atoms with Crippen molar-refractivity contribution in [1.29, 1.82) is 0 Å². The second kappa shape index (κ2) is 8.68. The number of halogens is 2. The van der Waals surface area contributed by atoms with Crippen LogP contribution in [0.4, 0.5) is 10.2 Å². The van der Waals surface area contributed by atoms with E-state index >= 15 is 0 Å². The van der Waals surface area contributed by atoms with Crippen molar-refractivity contribution in [2.24, 2.45) is 0 Å². The summed E-state index contributed by atoms with van der Waals surface area (Å²) in [5, 5.41) is 8.05. The molecule has 0 fully saturated rings. The lowest BCUT2D eigenvalue weighted by atomic mass is 10.1. The van der Waals surface area contributed by atoms with E-state index in [0.29, 0.717) is 22.2 Å². The van der Waals surface area contributed by atoms with Crippen LogP contribution in [0.25, 0.3) is 28.3 Å². The molecule has 0 unspecified atom stereocenters. The van der Waals surface area contributed by atoms with Crippen LogP contribution in [-0.2, 0) is 6.54 Å². The fourth-order valence-corrected chi connectivity index (χ4v) is 3.95. The average Bonchev–Trinajstić information content (AvgIpc) is 3.38. The standard InChI is InChI=1S/C24H19ClFN7O/c1-3-32-14(2)28-22(15-4-6-17(25)7-5-15)23(32)18-8-9-21-29-20(13-33(21)31-18)30-24(34)16-10-11-27-19(26)12-16/h4-13H,3H2,1-2H3,(H,30,34). The third kappa shape index (κ3) is 4.01. The van der Waals surface area contributed by atoms with Crippen molar-refractivity contribution in [1.82, 2.24) is 29.1 Å². The molecular weight excluding hydrogens is 457 g/mol. The van der Waals surface area contributed by atoms with Gasteiger partial charge in [-0.25, -0.2) is 19.5 Å². The van der Waals surface area contributed by atoms with Gasteiger partial charge in [0.25, 0.3) is 5.91 Å². The van der Waals surface area contributed by atoms with Gasteiger partial charge in [0.15, 0.2) is 11.5 Å². The Kier molecular flexibility index (Phi) is 5.54. The Morgan fingerprint density at radius 3 is 2.65 bits per heavy atom. The highest BCUT2D eigenvalue weighted by Gasteiger charge is 2.19. The van der Waals surface area contributed by atoms with Crippen LogP contribution in [0, 0.1) is 12.9 Å². The number of hydrogen-bond acceptors (Lipinski definition) is 5. The maximum absolute atomic E-state index is 13.3. The quantitative estimate of drug-likeness (QED) is 0.360. The molecule has 1 aromatic carbocycles. The van der Waals surface area contributed by atoms with E-state index < -0.39 is 11.9 Å². The van der Waals surface area contributed by atoms with E-state index in [4.69, 9.17) is 21.7 Å². The first-order chi connectivity index (χ1) is 16.4. The molecule has 0 aliphatic carbocycles. The van der Waals surface area contributed by atoms with E-state index in [0.717, 1.165) is 35.4 Å². The van der Waals surface area contributed by atoms with Crippen LogP contribution in [-0.4, -0.2) is 35.0 Å². The SMILES string of the molecule is CCn1c(C)nc(-c2ccc(Cl)cc2)c1-c1ccc2nc(NC(=O)c3ccnc(F)c3)cn2n1. The number of fused-ring (bicyclic) bond motifs is 1. The summed E-state index contributed by atoms with van der Waals surface area (Å²) in [5.41, 5.74) is 4.00. The number of benzene rings is 1. The number of anilines is 1. The summed E-state index contributed by atoms with van der Waals surface area (Å²) in [7, 11) is 0. The molecule has 8 nitrogen and oxygen atoms in total. The van der Waals surface area contributed by atoms with E-state index in [1.807, 2.05) is 43.3 Å². The van der Waals surface area contributed by atoms with E-state index in [1.165, 1.54) is 12.3 Å². The van der Waals surface area contributed by atoms with E-state index in [2.05, 4.69) is 26.8 Å². The lowest BCUT2D eigenvalue weighted by Gasteiger charge is -2.09. The molecule has 4 aromatic heterocycles. The van der Waals surface area contributed by atoms with Gasteiger partial charge in [-0.15, -0.1) is 0 Å².